The summed E-state index contributed by atoms with van der Waals surface area (Å²) in [5.74, 6) is 1.82. The molecule has 0 unspecified atom stereocenters. The van der Waals surface area contributed by atoms with Gasteiger partial charge in [0, 0.05) is 19.5 Å². The van der Waals surface area contributed by atoms with E-state index in [1.54, 1.807) is 4.57 Å². The maximum absolute atomic E-state index is 13.9. The van der Waals surface area contributed by atoms with E-state index in [2.05, 4.69) is 19.7 Å². The Morgan fingerprint density at radius 3 is 2.71 bits per heavy atom. The first kappa shape index (κ1) is 19.9. The van der Waals surface area contributed by atoms with Crippen LogP contribution in [0.15, 0.2) is 12.1 Å². The van der Waals surface area contributed by atoms with Gasteiger partial charge in [0.2, 0.25) is 16.8 Å². The minimum Gasteiger partial charge on any atom is -0.454 e. The van der Waals surface area contributed by atoms with Crippen LogP contribution in [0.1, 0.15) is 29.8 Å². The molecule has 0 atom stereocenters. The van der Waals surface area contributed by atoms with Crippen molar-refractivity contribution in [1.82, 2.24) is 24.2 Å². The van der Waals surface area contributed by atoms with Gasteiger partial charge in [0.1, 0.15) is 5.82 Å². The van der Waals surface area contributed by atoms with Crippen molar-refractivity contribution in [2.24, 2.45) is 0 Å². The number of fused-ring (bicyclic) bond motifs is 2. The summed E-state index contributed by atoms with van der Waals surface area (Å²) in [6, 6.07) is 3.77. The van der Waals surface area contributed by atoms with Gasteiger partial charge in [-0.3, -0.25) is 0 Å². The Bertz CT molecular complexity index is 1290. The molecule has 10 nitrogen and oxygen atoms in total. The number of hydrogen-bond donors (Lipinski definition) is 2. The molecule has 1 aromatic carbocycles. The first-order chi connectivity index (χ1) is 14.8. The van der Waals surface area contributed by atoms with E-state index in [0.29, 0.717) is 36.6 Å². The number of hydrogen-bond acceptors (Lipinski definition) is 8. The highest BCUT2D eigenvalue weighted by atomic mass is 32.2. The van der Waals surface area contributed by atoms with Crippen molar-refractivity contribution < 1.29 is 22.3 Å². The molecule has 3 N–H and O–H groups in total. The highest BCUT2D eigenvalue weighted by Gasteiger charge is 2.35. The molecule has 0 amide bonds. The Kier molecular flexibility index (Phi) is 4.70. The van der Waals surface area contributed by atoms with Gasteiger partial charge in [0.25, 0.3) is 0 Å². The van der Waals surface area contributed by atoms with Crippen molar-refractivity contribution in [3.05, 3.63) is 35.2 Å². The number of halogens is 1. The molecule has 0 spiro atoms. The Morgan fingerprint density at radius 2 is 1.97 bits per heavy atom. The average molecular weight is 448 g/mol. The molecule has 3 heterocycles. The van der Waals surface area contributed by atoms with Crippen molar-refractivity contribution >= 4 is 27.0 Å². The fraction of sp³-hybridized carbons (Fsp3) is 0.421. The van der Waals surface area contributed by atoms with Gasteiger partial charge >= 0.3 is 6.08 Å². The van der Waals surface area contributed by atoms with E-state index in [4.69, 9.17) is 15.2 Å². The highest BCUT2D eigenvalue weighted by molar-refractivity contribution is 7.90. The van der Waals surface area contributed by atoms with Crippen LogP contribution in [-0.4, -0.2) is 46.5 Å². The molecule has 0 radical (unpaired) electrons. The largest absolute Gasteiger partial charge is 0.454 e. The molecule has 1 saturated carbocycles. The minimum absolute atomic E-state index is 0.0662. The number of nitrogens with one attached hydrogen (secondary N) is 1. The number of rotatable bonds is 7. The predicted octanol–water partition coefficient (Wildman–Crippen LogP) is 1.26. The van der Waals surface area contributed by atoms with Crippen LogP contribution in [0.4, 0.5) is 10.2 Å². The monoisotopic (exact) mass is 448 g/mol. The minimum atomic E-state index is -3.34. The molecule has 164 valence electrons. The number of nitrogen functional groups attached to an aromatic ring is 1. The zero-order valence-corrected chi connectivity index (χ0v) is 17.6. The number of ether oxygens (including phenoxy) is 2. The summed E-state index contributed by atoms with van der Waals surface area (Å²) in [7, 11) is -3.34. The first-order valence-electron chi connectivity index (χ1n) is 9.87. The third-order valence-electron chi connectivity index (χ3n) is 5.45. The molecule has 3 aromatic rings. The standard InChI is InChI=1S/C19H21FN6O4S/c1-10-6-13-14(30-9-29-13)7-11(10)8-15-23-16-17(21)24-19(20)25-18(16)26(15)5-4-22-31(27,28)12-2-3-12/h6-7,12,22H,2-5,8-9H2,1H3,(H2,21,24,25). The molecule has 1 fully saturated rings. The molecular formula is C19H21FN6O4S. The van der Waals surface area contributed by atoms with Crippen LogP contribution < -0.4 is 19.9 Å². The number of sulfonamides is 1. The second kappa shape index (κ2) is 7.31. The fourth-order valence-corrected chi connectivity index (χ4v) is 5.02. The zero-order chi connectivity index (χ0) is 21.8. The third kappa shape index (κ3) is 3.76. The lowest BCUT2D eigenvalue weighted by atomic mass is 10.0. The Balaban J connectivity index is 1.49. The number of nitrogens with zero attached hydrogens (tertiary/aromatic N) is 4. The smallest absolute Gasteiger partial charge is 0.312 e. The Labute approximate surface area is 177 Å². The topological polar surface area (TPSA) is 134 Å². The first-order valence-corrected chi connectivity index (χ1v) is 11.4. The number of anilines is 1. The molecule has 12 heteroatoms. The van der Waals surface area contributed by atoms with Crippen LogP contribution in [0.5, 0.6) is 11.5 Å². The van der Waals surface area contributed by atoms with Crippen LogP contribution in [0.25, 0.3) is 11.2 Å². The highest BCUT2D eigenvalue weighted by Crippen LogP contribution is 2.35. The summed E-state index contributed by atoms with van der Waals surface area (Å²) in [6.45, 7) is 2.46. The van der Waals surface area contributed by atoms with Gasteiger partial charge in [-0.1, -0.05) is 0 Å². The van der Waals surface area contributed by atoms with Crippen LogP contribution >= 0.6 is 0 Å². The molecule has 1 aliphatic heterocycles. The van der Waals surface area contributed by atoms with Gasteiger partial charge in [-0.15, -0.1) is 0 Å². The average Bonchev–Trinajstić information content (AvgIpc) is 3.40. The third-order valence-corrected chi connectivity index (χ3v) is 7.41. The van der Waals surface area contributed by atoms with Crippen molar-refractivity contribution in [3.63, 3.8) is 0 Å². The second-order valence-corrected chi connectivity index (χ2v) is 9.72. The van der Waals surface area contributed by atoms with Crippen LogP contribution in [0.3, 0.4) is 0 Å². The van der Waals surface area contributed by atoms with E-state index in [1.807, 2.05) is 19.1 Å². The van der Waals surface area contributed by atoms with Gasteiger partial charge in [-0.05, 0) is 43.0 Å². The van der Waals surface area contributed by atoms with Gasteiger partial charge in [-0.2, -0.15) is 14.4 Å². The number of nitrogens with two attached hydrogens (primary N) is 1. The predicted molar refractivity (Wildman–Crippen MR) is 110 cm³/mol. The summed E-state index contributed by atoms with van der Waals surface area (Å²) < 4.78 is 53.3. The molecule has 0 bridgehead atoms. The molecule has 31 heavy (non-hydrogen) atoms. The lowest BCUT2D eigenvalue weighted by Crippen LogP contribution is -2.30. The number of aromatic nitrogens is 4. The van der Waals surface area contributed by atoms with E-state index in [-0.39, 0.29) is 42.1 Å². The summed E-state index contributed by atoms with van der Waals surface area (Å²) >= 11 is 0. The SMILES string of the molecule is Cc1cc2c(cc1Cc1nc3c(N)nc(F)nc3n1CCNS(=O)(=O)C1CC1)OCO2. The van der Waals surface area contributed by atoms with Crippen LogP contribution in [0, 0.1) is 13.0 Å². The van der Waals surface area contributed by atoms with E-state index in [0.717, 1.165) is 11.1 Å². The summed E-state index contributed by atoms with van der Waals surface area (Å²) in [5, 5.41) is -0.321. The van der Waals surface area contributed by atoms with E-state index in [1.165, 1.54) is 0 Å². The summed E-state index contributed by atoms with van der Waals surface area (Å²) in [6.07, 6.45) is 0.769. The lowest BCUT2D eigenvalue weighted by Gasteiger charge is -2.12. The number of imidazole rings is 1. The van der Waals surface area contributed by atoms with Crippen LogP contribution in [-0.2, 0) is 23.0 Å². The maximum atomic E-state index is 13.9. The van der Waals surface area contributed by atoms with Gasteiger partial charge in [0.15, 0.2) is 28.5 Å². The summed E-state index contributed by atoms with van der Waals surface area (Å²) in [5.41, 5.74) is 8.28. The molecule has 0 saturated heterocycles. The van der Waals surface area contributed by atoms with Crippen molar-refractivity contribution in [3.8, 4) is 11.5 Å². The molecule has 2 aliphatic rings. The number of aryl methyl sites for hydroxylation is 1. The second-order valence-electron chi connectivity index (χ2n) is 7.68. The zero-order valence-electron chi connectivity index (χ0n) is 16.8. The van der Waals surface area contributed by atoms with E-state index >= 15 is 0 Å². The maximum Gasteiger partial charge on any atom is 0.312 e. The fourth-order valence-electron chi connectivity index (χ4n) is 3.65. The lowest BCUT2D eigenvalue weighted by molar-refractivity contribution is 0.174. The van der Waals surface area contributed by atoms with Crippen LogP contribution in [0.2, 0.25) is 0 Å². The van der Waals surface area contributed by atoms with Gasteiger partial charge in [-0.25, -0.2) is 18.1 Å². The molecular weight excluding hydrogens is 427 g/mol. The Hall–Kier alpha value is -2.99. The van der Waals surface area contributed by atoms with Gasteiger partial charge in [0.05, 0.1) is 5.25 Å². The molecule has 2 aromatic heterocycles. The van der Waals surface area contributed by atoms with E-state index < -0.39 is 16.1 Å². The molecule has 5 rings (SSSR count). The normalized spacial score (nSPS) is 15.7. The van der Waals surface area contributed by atoms with Gasteiger partial charge < -0.3 is 19.8 Å². The van der Waals surface area contributed by atoms with E-state index in [9.17, 15) is 12.8 Å². The van der Waals surface area contributed by atoms with Crippen molar-refractivity contribution in [2.45, 2.75) is 38.0 Å². The summed E-state index contributed by atoms with van der Waals surface area (Å²) in [4.78, 5) is 12.0. The van der Waals surface area contributed by atoms with Crippen molar-refractivity contribution in [1.29, 1.82) is 0 Å². The van der Waals surface area contributed by atoms with Crippen molar-refractivity contribution in [2.75, 3.05) is 19.1 Å². The number of benzene rings is 1. The molecule has 1 aliphatic carbocycles. The Morgan fingerprint density at radius 1 is 1.23 bits per heavy atom. The quantitative estimate of drug-likeness (QED) is 0.516.